The van der Waals surface area contributed by atoms with Gasteiger partial charge in [-0.2, -0.15) is 0 Å². The minimum atomic E-state index is -2.31. The highest BCUT2D eigenvalue weighted by Gasteiger charge is 2.10. The molecule has 1 unspecified atom stereocenters. The topological polar surface area (TPSA) is 26.3 Å². The van der Waals surface area contributed by atoms with E-state index in [2.05, 4.69) is 6.58 Å². The summed E-state index contributed by atoms with van der Waals surface area (Å²) in [6.07, 6.45) is 2.09. The highest BCUT2D eigenvalue weighted by atomic mass is 31.2. The Morgan fingerprint density at radius 2 is 2.33 bits per heavy atom. The van der Waals surface area contributed by atoms with Gasteiger partial charge in [-0.15, -0.1) is 6.58 Å². The average Bonchev–Trinajstić information content (AvgIpc) is 1.64. The summed E-state index contributed by atoms with van der Waals surface area (Å²) >= 11 is 0. The molecule has 0 spiro atoms. The zero-order valence-corrected chi connectivity index (χ0v) is 6.86. The fourth-order valence-electron chi connectivity index (χ4n) is 0.560. The molecule has 9 heavy (non-hydrogen) atoms. The van der Waals surface area contributed by atoms with Gasteiger partial charge in [0.15, 0.2) is 0 Å². The summed E-state index contributed by atoms with van der Waals surface area (Å²) in [5.41, 5.74) is 0. The van der Waals surface area contributed by atoms with Crippen molar-refractivity contribution in [3.63, 3.8) is 0 Å². The molecule has 0 aromatic carbocycles. The summed E-state index contributed by atoms with van der Waals surface area (Å²) in [5, 5.41) is 0. The summed E-state index contributed by atoms with van der Waals surface area (Å²) in [6, 6.07) is 0. The van der Waals surface area contributed by atoms with Gasteiger partial charge < -0.3 is 4.52 Å². The first-order valence-corrected chi connectivity index (χ1v) is 5.20. The molecule has 0 bridgehead atoms. The Balaban J connectivity index is 3.71. The average molecular weight is 148 g/mol. The maximum atomic E-state index is 11.1. The maximum Gasteiger partial charge on any atom is 0.203 e. The molecule has 0 amide bonds. The van der Waals surface area contributed by atoms with Gasteiger partial charge in [-0.3, -0.25) is 4.57 Å². The van der Waals surface area contributed by atoms with Gasteiger partial charge in [-0.25, -0.2) is 0 Å². The molecule has 0 aliphatic heterocycles. The molecule has 0 aliphatic rings. The van der Waals surface area contributed by atoms with E-state index in [-0.39, 0.29) is 0 Å². The summed E-state index contributed by atoms with van der Waals surface area (Å²) in [5.74, 6) is 0. The van der Waals surface area contributed by atoms with E-state index in [1.165, 1.54) is 0 Å². The molecule has 0 aromatic heterocycles. The highest BCUT2D eigenvalue weighted by Crippen LogP contribution is 2.41. The van der Waals surface area contributed by atoms with Crippen LogP contribution < -0.4 is 0 Å². The van der Waals surface area contributed by atoms with E-state index in [9.17, 15) is 4.57 Å². The molecular weight excluding hydrogens is 135 g/mol. The summed E-state index contributed by atoms with van der Waals surface area (Å²) in [6.45, 7) is 7.45. The molecule has 3 heteroatoms. The van der Waals surface area contributed by atoms with E-state index in [1.807, 2.05) is 6.92 Å². The quantitative estimate of drug-likeness (QED) is 0.451. The van der Waals surface area contributed by atoms with Crippen LogP contribution in [0.4, 0.5) is 0 Å². The van der Waals surface area contributed by atoms with Gasteiger partial charge in [0.05, 0.1) is 6.61 Å². The highest BCUT2D eigenvalue weighted by molar-refractivity contribution is 7.58. The summed E-state index contributed by atoms with van der Waals surface area (Å²) in [7, 11) is -2.31. The van der Waals surface area contributed by atoms with Crippen LogP contribution >= 0.6 is 7.37 Å². The SMILES string of the molecule is C=CCP(C)(=O)OCC. The van der Waals surface area contributed by atoms with Crippen LogP contribution in [0.5, 0.6) is 0 Å². The standard InChI is InChI=1S/C6H13O2P/c1-4-6-9(3,7)8-5-2/h4H,1,5-6H2,2-3H3. The lowest BCUT2D eigenvalue weighted by atomic mass is 10.8. The molecule has 0 radical (unpaired) electrons. The Morgan fingerprint density at radius 1 is 1.78 bits per heavy atom. The third kappa shape index (κ3) is 4.43. The van der Waals surface area contributed by atoms with Gasteiger partial charge in [0, 0.05) is 12.8 Å². The molecule has 0 N–H and O–H groups in total. The van der Waals surface area contributed by atoms with Gasteiger partial charge in [0.1, 0.15) is 0 Å². The minimum Gasteiger partial charge on any atom is -0.329 e. The van der Waals surface area contributed by atoms with E-state index < -0.39 is 7.37 Å². The molecule has 54 valence electrons. The second-order valence-corrected chi connectivity index (χ2v) is 4.55. The van der Waals surface area contributed by atoms with Gasteiger partial charge >= 0.3 is 0 Å². The molecule has 0 fully saturated rings. The van der Waals surface area contributed by atoms with Gasteiger partial charge in [0.2, 0.25) is 7.37 Å². The van der Waals surface area contributed by atoms with Crippen molar-refractivity contribution in [2.75, 3.05) is 19.4 Å². The molecule has 0 saturated heterocycles. The fraction of sp³-hybridized carbons (Fsp3) is 0.667. The van der Waals surface area contributed by atoms with Gasteiger partial charge in [0.25, 0.3) is 0 Å². The number of allylic oxidation sites excluding steroid dienone is 1. The van der Waals surface area contributed by atoms with Crippen molar-refractivity contribution >= 4 is 7.37 Å². The van der Waals surface area contributed by atoms with E-state index in [4.69, 9.17) is 4.52 Å². The Labute approximate surface area is 56.4 Å². The molecular formula is C6H13O2P. The Kier molecular flexibility index (Phi) is 3.83. The summed E-state index contributed by atoms with van der Waals surface area (Å²) in [4.78, 5) is 0. The second kappa shape index (κ2) is 3.86. The van der Waals surface area contributed by atoms with Crippen molar-refractivity contribution < 1.29 is 9.09 Å². The third-order valence-electron chi connectivity index (χ3n) is 0.863. The first kappa shape index (κ1) is 8.93. The Hall–Kier alpha value is -0.0700. The molecule has 0 aromatic rings. The second-order valence-electron chi connectivity index (χ2n) is 1.90. The fourth-order valence-corrected chi connectivity index (χ4v) is 1.68. The van der Waals surface area contributed by atoms with Crippen LogP contribution in [0.15, 0.2) is 12.7 Å². The zero-order chi connectivity index (χ0) is 7.33. The van der Waals surface area contributed by atoms with E-state index >= 15 is 0 Å². The normalized spacial score (nSPS) is 16.7. The first-order chi connectivity index (χ1) is 4.12. The van der Waals surface area contributed by atoms with Crippen molar-refractivity contribution in [1.82, 2.24) is 0 Å². The van der Waals surface area contributed by atoms with Gasteiger partial charge in [-0.05, 0) is 6.92 Å². The van der Waals surface area contributed by atoms with Crippen molar-refractivity contribution in [2.45, 2.75) is 6.92 Å². The molecule has 0 heterocycles. The van der Waals surface area contributed by atoms with Crippen LogP contribution in [-0.2, 0) is 9.09 Å². The number of rotatable bonds is 4. The maximum absolute atomic E-state index is 11.1. The van der Waals surface area contributed by atoms with E-state index in [1.54, 1.807) is 12.7 Å². The molecule has 0 aliphatic carbocycles. The number of hydrogen-bond acceptors (Lipinski definition) is 2. The molecule has 0 rings (SSSR count). The monoisotopic (exact) mass is 148 g/mol. The van der Waals surface area contributed by atoms with Crippen molar-refractivity contribution in [1.29, 1.82) is 0 Å². The largest absolute Gasteiger partial charge is 0.329 e. The smallest absolute Gasteiger partial charge is 0.203 e. The van der Waals surface area contributed by atoms with Crippen LogP contribution in [0.25, 0.3) is 0 Å². The van der Waals surface area contributed by atoms with Gasteiger partial charge in [-0.1, -0.05) is 6.08 Å². The first-order valence-electron chi connectivity index (χ1n) is 2.94. The van der Waals surface area contributed by atoms with Crippen molar-refractivity contribution in [3.8, 4) is 0 Å². The number of hydrogen-bond donors (Lipinski definition) is 0. The van der Waals surface area contributed by atoms with Crippen LogP contribution in [0.3, 0.4) is 0 Å². The lowest BCUT2D eigenvalue weighted by molar-refractivity contribution is 0.339. The van der Waals surface area contributed by atoms with Crippen LogP contribution in [0.1, 0.15) is 6.92 Å². The lowest BCUT2D eigenvalue weighted by Crippen LogP contribution is -1.89. The third-order valence-corrected chi connectivity index (χ3v) is 2.59. The predicted octanol–water partition coefficient (Wildman–Crippen LogP) is 2.12. The Bertz CT molecular complexity index is 131. The predicted molar refractivity (Wildman–Crippen MR) is 40.2 cm³/mol. The van der Waals surface area contributed by atoms with Crippen LogP contribution in [0.2, 0.25) is 0 Å². The molecule has 2 nitrogen and oxygen atoms in total. The molecule has 1 atom stereocenters. The van der Waals surface area contributed by atoms with Crippen LogP contribution in [-0.4, -0.2) is 19.4 Å². The van der Waals surface area contributed by atoms with Crippen molar-refractivity contribution in [2.24, 2.45) is 0 Å². The van der Waals surface area contributed by atoms with Crippen molar-refractivity contribution in [3.05, 3.63) is 12.7 Å². The Morgan fingerprint density at radius 3 is 2.67 bits per heavy atom. The minimum absolute atomic E-state index is 0.473. The van der Waals surface area contributed by atoms with E-state index in [0.29, 0.717) is 12.8 Å². The van der Waals surface area contributed by atoms with E-state index in [0.717, 1.165) is 0 Å². The van der Waals surface area contributed by atoms with Crippen LogP contribution in [0, 0.1) is 0 Å². The lowest BCUT2D eigenvalue weighted by Gasteiger charge is -2.08. The zero-order valence-electron chi connectivity index (χ0n) is 5.96. The summed E-state index contributed by atoms with van der Waals surface area (Å²) < 4.78 is 16.1. The molecule has 0 saturated carbocycles.